The number of aromatic nitrogens is 1. The highest BCUT2D eigenvalue weighted by atomic mass is 16.6. The third kappa shape index (κ3) is 5.14. The van der Waals surface area contributed by atoms with Crippen molar-refractivity contribution in [1.82, 2.24) is 9.88 Å². The number of aldehydes is 1. The van der Waals surface area contributed by atoms with Crippen molar-refractivity contribution in [2.24, 2.45) is 0 Å². The number of carbonyl (C=O) groups is 2. The molecule has 1 atom stereocenters. The fourth-order valence-corrected chi connectivity index (χ4v) is 5.13. The molecule has 200 valence electrons. The van der Waals surface area contributed by atoms with Crippen LogP contribution in [0, 0.1) is 24.0 Å². The summed E-state index contributed by atoms with van der Waals surface area (Å²) in [5, 5.41) is 14.9. The van der Waals surface area contributed by atoms with Crippen LogP contribution in [0.2, 0.25) is 0 Å². The number of non-ortho nitro benzene ring substituents is 1. The van der Waals surface area contributed by atoms with Gasteiger partial charge in [0.2, 0.25) is 0 Å². The van der Waals surface area contributed by atoms with E-state index in [0.717, 1.165) is 50.7 Å². The zero-order valence-corrected chi connectivity index (χ0v) is 22.5. The molecule has 0 aliphatic rings. The summed E-state index contributed by atoms with van der Waals surface area (Å²) in [5.41, 5.74) is 8.43. The minimum Gasteiger partial charge on any atom is -0.346 e. The average molecular weight is 532 g/mol. The number of fused-ring (bicyclic) bond motifs is 1. The first-order valence-electron chi connectivity index (χ1n) is 13.0. The van der Waals surface area contributed by atoms with Gasteiger partial charge in [-0.25, -0.2) is 0 Å². The summed E-state index contributed by atoms with van der Waals surface area (Å²) in [6, 6.07) is 27.4. The van der Waals surface area contributed by atoms with Crippen LogP contribution in [0.5, 0.6) is 0 Å². The van der Waals surface area contributed by atoms with Crippen LogP contribution in [0.1, 0.15) is 56.1 Å². The number of nitrogens with zero attached hydrogens (tertiary/aromatic N) is 2. The number of nitro groups is 1. The summed E-state index contributed by atoms with van der Waals surface area (Å²) in [5.74, 6) is -0.210. The van der Waals surface area contributed by atoms with E-state index in [-0.39, 0.29) is 17.6 Å². The number of amides is 1. The standard InChI is InChI=1S/C33H29N3O4/c1-21-23(3)35(19-28-8-4-5-10-30(28)26-9-6-7-24(17-26)20-37)32-16-13-27(18-31(21)32)33(38)34-22(2)25-11-14-29(15-12-25)36(39)40/h4-18,20,22H,19H2,1-3H3,(H,34,38)/t22-/m0/s1. The van der Waals surface area contributed by atoms with E-state index in [9.17, 15) is 19.7 Å². The Morgan fingerprint density at radius 3 is 2.45 bits per heavy atom. The van der Waals surface area contributed by atoms with Crippen molar-refractivity contribution in [3.63, 3.8) is 0 Å². The van der Waals surface area contributed by atoms with Gasteiger partial charge in [-0.3, -0.25) is 19.7 Å². The second-order valence-electron chi connectivity index (χ2n) is 9.97. The number of hydrogen-bond acceptors (Lipinski definition) is 4. The number of aryl methyl sites for hydroxylation is 1. The fraction of sp³-hybridized carbons (Fsp3) is 0.152. The molecular formula is C33H29N3O4. The van der Waals surface area contributed by atoms with Crippen molar-refractivity contribution in [1.29, 1.82) is 0 Å². The Hall–Kier alpha value is -5.04. The van der Waals surface area contributed by atoms with Crippen LogP contribution in [0.15, 0.2) is 91.0 Å². The minimum atomic E-state index is -0.442. The van der Waals surface area contributed by atoms with Crippen LogP contribution in [0.4, 0.5) is 5.69 Å². The lowest BCUT2D eigenvalue weighted by Crippen LogP contribution is -2.26. The van der Waals surface area contributed by atoms with Crippen molar-refractivity contribution >= 4 is 28.8 Å². The van der Waals surface area contributed by atoms with Crippen LogP contribution < -0.4 is 5.32 Å². The minimum absolute atomic E-state index is 0.0141. The second-order valence-corrected chi connectivity index (χ2v) is 9.97. The Balaban J connectivity index is 1.42. The summed E-state index contributed by atoms with van der Waals surface area (Å²) >= 11 is 0. The largest absolute Gasteiger partial charge is 0.346 e. The Kier molecular flexibility index (Phi) is 7.29. The van der Waals surface area contributed by atoms with Crippen molar-refractivity contribution in [2.75, 3.05) is 0 Å². The first kappa shape index (κ1) is 26.6. The van der Waals surface area contributed by atoms with E-state index in [4.69, 9.17) is 0 Å². The van der Waals surface area contributed by atoms with E-state index < -0.39 is 4.92 Å². The first-order chi connectivity index (χ1) is 19.3. The lowest BCUT2D eigenvalue weighted by atomic mass is 9.98. The van der Waals surface area contributed by atoms with Crippen LogP contribution in [-0.2, 0) is 6.54 Å². The molecule has 40 heavy (non-hydrogen) atoms. The van der Waals surface area contributed by atoms with Gasteiger partial charge in [-0.1, -0.05) is 54.6 Å². The lowest BCUT2D eigenvalue weighted by molar-refractivity contribution is -0.384. The SMILES string of the molecule is Cc1c(C)n(Cc2ccccc2-c2cccc(C=O)c2)c2ccc(C(=O)N[C@@H](C)c3ccc([N+](=O)[O-])cc3)cc12. The van der Waals surface area contributed by atoms with Gasteiger partial charge in [0, 0.05) is 46.4 Å². The summed E-state index contributed by atoms with van der Waals surface area (Å²) in [7, 11) is 0. The normalized spacial score (nSPS) is 11.8. The van der Waals surface area contributed by atoms with E-state index in [1.165, 1.54) is 12.1 Å². The highest BCUT2D eigenvalue weighted by molar-refractivity contribution is 5.99. The van der Waals surface area contributed by atoms with Crippen molar-refractivity contribution in [2.45, 2.75) is 33.4 Å². The molecule has 0 radical (unpaired) electrons. The number of nitro benzene ring substituents is 1. The highest BCUT2D eigenvalue weighted by Gasteiger charge is 2.17. The van der Waals surface area contributed by atoms with Gasteiger partial charge in [0.15, 0.2) is 0 Å². The summed E-state index contributed by atoms with van der Waals surface area (Å²) in [6.45, 7) is 6.64. The van der Waals surface area contributed by atoms with Gasteiger partial charge >= 0.3 is 0 Å². The number of benzene rings is 4. The van der Waals surface area contributed by atoms with Crippen molar-refractivity contribution in [3.05, 3.63) is 135 Å². The summed E-state index contributed by atoms with van der Waals surface area (Å²) in [4.78, 5) is 35.0. The quantitative estimate of drug-likeness (QED) is 0.130. The number of nitrogens with one attached hydrogen (secondary N) is 1. The molecule has 5 rings (SSSR count). The molecule has 4 aromatic carbocycles. The van der Waals surface area contributed by atoms with Crippen molar-refractivity contribution in [3.8, 4) is 11.1 Å². The summed E-state index contributed by atoms with van der Waals surface area (Å²) < 4.78 is 2.26. The molecule has 1 N–H and O–H groups in total. The second kappa shape index (κ2) is 11.0. The van der Waals surface area contributed by atoms with Crippen LogP contribution >= 0.6 is 0 Å². The molecule has 0 spiro atoms. The lowest BCUT2D eigenvalue weighted by Gasteiger charge is -2.15. The zero-order valence-electron chi connectivity index (χ0n) is 22.5. The van der Waals surface area contributed by atoms with Gasteiger partial charge in [-0.15, -0.1) is 0 Å². The molecule has 0 saturated carbocycles. The molecule has 0 saturated heterocycles. The number of carbonyl (C=O) groups excluding carboxylic acids is 2. The first-order valence-corrected chi connectivity index (χ1v) is 13.0. The molecule has 1 aromatic heterocycles. The van der Waals surface area contributed by atoms with E-state index in [1.54, 1.807) is 18.2 Å². The Labute approximate surface area is 232 Å². The number of rotatable bonds is 8. The topological polar surface area (TPSA) is 94.2 Å². The smallest absolute Gasteiger partial charge is 0.269 e. The molecule has 7 nitrogen and oxygen atoms in total. The van der Waals surface area contributed by atoms with Gasteiger partial charge in [-0.05, 0) is 72.9 Å². The van der Waals surface area contributed by atoms with Gasteiger partial charge in [0.25, 0.3) is 11.6 Å². The Morgan fingerprint density at radius 1 is 0.975 bits per heavy atom. The monoisotopic (exact) mass is 531 g/mol. The van der Waals surface area contributed by atoms with Gasteiger partial charge in [0.05, 0.1) is 11.0 Å². The predicted octanol–water partition coefficient (Wildman–Crippen LogP) is 7.19. The Bertz CT molecular complexity index is 1750. The maximum atomic E-state index is 13.1. The molecule has 0 aliphatic carbocycles. The molecule has 0 aliphatic heterocycles. The fourth-order valence-electron chi connectivity index (χ4n) is 5.13. The highest BCUT2D eigenvalue weighted by Crippen LogP contribution is 2.31. The molecular weight excluding hydrogens is 502 g/mol. The number of hydrogen-bond donors (Lipinski definition) is 1. The van der Waals surface area contributed by atoms with E-state index >= 15 is 0 Å². The van der Waals surface area contributed by atoms with E-state index in [2.05, 4.69) is 35.9 Å². The maximum Gasteiger partial charge on any atom is 0.269 e. The van der Waals surface area contributed by atoms with E-state index in [1.807, 2.05) is 55.5 Å². The molecule has 0 bridgehead atoms. The zero-order chi connectivity index (χ0) is 28.4. The average Bonchev–Trinajstić information content (AvgIpc) is 3.21. The van der Waals surface area contributed by atoms with Crippen molar-refractivity contribution < 1.29 is 14.5 Å². The molecule has 7 heteroatoms. The molecule has 0 fully saturated rings. The van der Waals surface area contributed by atoms with Crippen LogP contribution in [0.3, 0.4) is 0 Å². The third-order valence-electron chi connectivity index (χ3n) is 7.53. The van der Waals surface area contributed by atoms with E-state index in [0.29, 0.717) is 17.7 Å². The van der Waals surface area contributed by atoms with Gasteiger partial charge in [0.1, 0.15) is 6.29 Å². The van der Waals surface area contributed by atoms with Crippen LogP contribution in [-0.4, -0.2) is 21.7 Å². The Morgan fingerprint density at radius 2 is 1.73 bits per heavy atom. The van der Waals surface area contributed by atoms with Crippen LogP contribution in [0.25, 0.3) is 22.0 Å². The van der Waals surface area contributed by atoms with Gasteiger partial charge in [-0.2, -0.15) is 0 Å². The predicted molar refractivity (Wildman–Crippen MR) is 157 cm³/mol. The molecule has 1 amide bonds. The molecule has 5 aromatic rings. The third-order valence-corrected chi connectivity index (χ3v) is 7.53. The molecule has 1 heterocycles. The molecule has 0 unspecified atom stereocenters. The maximum absolute atomic E-state index is 13.1. The summed E-state index contributed by atoms with van der Waals surface area (Å²) in [6.07, 6.45) is 0.861. The van der Waals surface area contributed by atoms with Gasteiger partial charge < -0.3 is 9.88 Å².